The Morgan fingerprint density at radius 2 is 1.78 bits per heavy atom. The topological polar surface area (TPSA) is 126 Å². The summed E-state index contributed by atoms with van der Waals surface area (Å²) in [4.78, 5) is 57.8. The molecule has 15 heteroatoms. The fraction of sp³-hybridized carbons (Fsp3) is 0.442. The minimum atomic E-state index is -4.79. The zero-order chi connectivity index (χ0) is 41.9. The molecule has 0 spiro atoms. The smallest absolute Gasteiger partial charge is 0.417 e. The molecule has 3 heterocycles. The number of nitrogens with zero attached hydrogens (tertiary/aromatic N) is 5. The fourth-order valence-corrected chi connectivity index (χ4v) is 8.54. The number of nitriles is 1. The number of imide groups is 1. The quantitative estimate of drug-likeness (QED) is 0.166. The molecule has 6 rings (SSSR count). The Bertz CT molecular complexity index is 2150. The van der Waals surface area contributed by atoms with Crippen LogP contribution in [0.2, 0.25) is 0 Å². The molecule has 3 saturated heterocycles. The lowest BCUT2D eigenvalue weighted by molar-refractivity contribution is -0.138. The van der Waals surface area contributed by atoms with Crippen LogP contribution in [0.15, 0.2) is 60.7 Å². The van der Waals surface area contributed by atoms with Crippen LogP contribution < -0.4 is 19.9 Å². The Balaban J connectivity index is 1.01. The Hall–Kier alpha value is -5.17. The van der Waals surface area contributed by atoms with Crippen molar-refractivity contribution in [2.24, 2.45) is 5.92 Å². The Morgan fingerprint density at radius 1 is 1.03 bits per heavy atom. The number of hydrogen-bond donors (Lipinski definition) is 1. The lowest BCUT2D eigenvalue weighted by Crippen LogP contribution is -2.53. The van der Waals surface area contributed by atoms with Crippen LogP contribution in [0, 0.1) is 17.2 Å². The van der Waals surface area contributed by atoms with Gasteiger partial charge in [-0.15, -0.1) is 0 Å². The minimum Gasteiger partial charge on any atom is -0.492 e. The highest BCUT2D eigenvalue weighted by Crippen LogP contribution is 2.40. The van der Waals surface area contributed by atoms with Gasteiger partial charge in [0, 0.05) is 56.7 Å². The van der Waals surface area contributed by atoms with Crippen molar-refractivity contribution in [3.8, 4) is 11.8 Å². The maximum atomic E-state index is 13.8. The van der Waals surface area contributed by atoms with Gasteiger partial charge in [-0.25, -0.2) is 0 Å². The number of ketones is 1. The number of ether oxygens (including phenoxy) is 1. The summed E-state index contributed by atoms with van der Waals surface area (Å²) in [5, 5.41) is 11.7. The van der Waals surface area contributed by atoms with Crippen molar-refractivity contribution in [3.63, 3.8) is 0 Å². The number of piperazine rings is 1. The molecule has 3 aromatic rings. The number of thiocarbonyl (C=S) groups is 1. The van der Waals surface area contributed by atoms with E-state index in [0.29, 0.717) is 63.2 Å². The van der Waals surface area contributed by atoms with Gasteiger partial charge in [0.25, 0.3) is 5.91 Å². The predicted molar refractivity (Wildman–Crippen MR) is 216 cm³/mol. The molecule has 3 fully saturated rings. The molecule has 0 bridgehead atoms. The van der Waals surface area contributed by atoms with Crippen molar-refractivity contribution in [2.75, 3.05) is 49.1 Å². The van der Waals surface area contributed by atoms with Crippen molar-refractivity contribution < 1.29 is 37.1 Å². The maximum absolute atomic E-state index is 13.8. The second kappa shape index (κ2) is 17.4. The highest BCUT2D eigenvalue weighted by atomic mass is 32.1. The van der Waals surface area contributed by atoms with E-state index in [2.05, 4.69) is 22.0 Å². The average molecular weight is 817 g/mol. The standard InChI is InChI=1S/C43H47F3N6O5S/c1-5-30-22-34(52-41(58)51(40(56)42(52,3)4)33-11-9-32(24-47)36(23-33)43(44,45)46)12-13-37(30)57-18-17-50-16-15-49(25-27(50)2)26-35(53)21-29-8-6-7-28(19-29)20-31-10-14-38(54)48-39(31)55/h6-9,11-13,19,22-23,27,31H,5,10,14-18,20-21,25-26H2,1-4H3,(H,48,54,55)/t27-,31?/m1/s1. The summed E-state index contributed by atoms with van der Waals surface area (Å²) >= 11 is 5.72. The van der Waals surface area contributed by atoms with Gasteiger partial charge in [0.1, 0.15) is 17.9 Å². The molecule has 306 valence electrons. The van der Waals surface area contributed by atoms with E-state index in [1.165, 1.54) is 6.07 Å². The van der Waals surface area contributed by atoms with E-state index >= 15 is 0 Å². The number of halogens is 3. The van der Waals surface area contributed by atoms with Crippen LogP contribution in [0.1, 0.15) is 68.4 Å². The van der Waals surface area contributed by atoms with Crippen molar-refractivity contribution in [2.45, 2.75) is 77.6 Å². The third-order valence-electron chi connectivity index (χ3n) is 11.2. The summed E-state index contributed by atoms with van der Waals surface area (Å²) in [6, 6.07) is 18.1. The van der Waals surface area contributed by atoms with Gasteiger partial charge in [0.05, 0.1) is 29.4 Å². The second-order valence-corrected chi connectivity index (χ2v) is 16.0. The monoisotopic (exact) mass is 816 g/mol. The molecule has 3 aliphatic rings. The number of aryl methyl sites for hydroxylation is 1. The molecular weight excluding hydrogens is 770 g/mol. The Labute approximate surface area is 341 Å². The number of rotatable bonds is 13. The molecule has 3 amide bonds. The zero-order valence-electron chi connectivity index (χ0n) is 33.0. The van der Waals surface area contributed by atoms with Crippen molar-refractivity contribution >= 4 is 52.2 Å². The van der Waals surface area contributed by atoms with E-state index in [1.807, 2.05) is 43.3 Å². The number of alkyl halides is 3. The van der Waals surface area contributed by atoms with Gasteiger partial charge in [-0.2, -0.15) is 18.4 Å². The molecule has 0 radical (unpaired) electrons. The van der Waals surface area contributed by atoms with Gasteiger partial charge >= 0.3 is 6.18 Å². The Morgan fingerprint density at radius 3 is 2.47 bits per heavy atom. The zero-order valence-corrected chi connectivity index (χ0v) is 33.8. The third kappa shape index (κ3) is 9.25. The lowest BCUT2D eigenvalue weighted by atomic mass is 9.90. The van der Waals surface area contributed by atoms with Crippen molar-refractivity contribution in [1.82, 2.24) is 15.1 Å². The summed E-state index contributed by atoms with van der Waals surface area (Å²) in [5.74, 6) is -0.415. The van der Waals surface area contributed by atoms with Crippen LogP contribution in [0.4, 0.5) is 24.5 Å². The van der Waals surface area contributed by atoms with Gasteiger partial charge in [0.2, 0.25) is 11.8 Å². The number of Topliss-reactive ketones (excluding diaryl/α,β-unsaturated/α-hetero) is 1. The van der Waals surface area contributed by atoms with Crippen LogP contribution in [0.5, 0.6) is 5.75 Å². The van der Waals surface area contributed by atoms with Crippen LogP contribution in [-0.2, 0) is 44.6 Å². The largest absolute Gasteiger partial charge is 0.492 e. The van der Waals surface area contributed by atoms with Gasteiger partial charge in [-0.05, 0) is 105 Å². The molecule has 2 atom stereocenters. The number of anilines is 2. The number of carbonyl (C=O) groups excluding carboxylic acids is 4. The van der Waals surface area contributed by atoms with Crippen molar-refractivity contribution in [3.05, 3.63) is 88.5 Å². The first-order valence-corrected chi connectivity index (χ1v) is 19.9. The minimum absolute atomic E-state index is 0.0228. The van der Waals surface area contributed by atoms with E-state index in [0.717, 1.165) is 53.4 Å². The maximum Gasteiger partial charge on any atom is 0.417 e. The fourth-order valence-electron chi connectivity index (χ4n) is 8.02. The number of hydrogen-bond acceptors (Lipinski definition) is 9. The molecule has 0 saturated carbocycles. The van der Waals surface area contributed by atoms with Crippen LogP contribution >= 0.6 is 12.2 Å². The molecule has 3 aliphatic heterocycles. The van der Waals surface area contributed by atoms with Gasteiger partial charge in [0.15, 0.2) is 10.9 Å². The molecule has 0 aliphatic carbocycles. The number of amides is 3. The summed E-state index contributed by atoms with van der Waals surface area (Å²) < 4.78 is 47.6. The van der Waals surface area contributed by atoms with E-state index < -0.39 is 28.7 Å². The molecule has 3 aromatic carbocycles. The average Bonchev–Trinajstić information content (AvgIpc) is 3.35. The van der Waals surface area contributed by atoms with E-state index in [4.69, 9.17) is 17.0 Å². The molecule has 58 heavy (non-hydrogen) atoms. The highest BCUT2D eigenvalue weighted by molar-refractivity contribution is 7.81. The third-order valence-corrected chi connectivity index (χ3v) is 11.5. The van der Waals surface area contributed by atoms with Crippen LogP contribution in [0.25, 0.3) is 0 Å². The van der Waals surface area contributed by atoms with Gasteiger partial charge in [-0.3, -0.25) is 39.2 Å². The SMILES string of the molecule is CCc1cc(N2C(=S)N(c3ccc(C#N)c(C(F)(F)F)c3)C(=O)C2(C)C)ccc1OCCN1CCN(CC(=O)Cc2cccc(CC3CCC(=O)NC3=O)c2)C[C@H]1C. The van der Waals surface area contributed by atoms with E-state index in [-0.39, 0.29) is 40.4 Å². The summed E-state index contributed by atoms with van der Waals surface area (Å²) in [5.41, 5.74) is 0.384. The van der Waals surface area contributed by atoms with Crippen LogP contribution in [-0.4, -0.2) is 89.3 Å². The first kappa shape index (κ1) is 42.4. The number of benzene rings is 3. The predicted octanol–water partition coefficient (Wildman–Crippen LogP) is 5.85. The van der Waals surface area contributed by atoms with E-state index in [1.54, 1.807) is 30.9 Å². The first-order chi connectivity index (χ1) is 27.5. The second-order valence-electron chi connectivity index (χ2n) is 15.7. The molecule has 0 aromatic heterocycles. The number of nitrogens with one attached hydrogen (secondary N) is 1. The molecule has 1 N–H and O–H groups in total. The highest BCUT2D eigenvalue weighted by Gasteiger charge is 2.51. The van der Waals surface area contributed by atoms with Gasteiger partial charge in [-0.1, -0.05) is 31.2 Å². The van der Waals surface area contributed by atoms with E-state index in [9.17, 15) is 37.6 Å². The molecular formula is C43H47F3N6O5S. The summed E-state index contributed by atoms with van der Waals surface area (Å²) in [6.45, 7) is 11.1. The first-order valence-electron chi connectivity index (χ1n) is 19.5. The number of piperidine rings is 1. The lowest BCUT2D eigenvalue weighted by Gasteiger charge is -2.39. The van der Waals surface area contributed by atoms with Gasteiger partial charge < -0.3 is 9.64 Å². The van der Waals surface area contributed by atoms with Crippen LogP contribution in [0.3, 0.4) is 0 Å². The Kier molecular flexibility index (Phi) is 12.7. The normalized spacial score (nSPS) is 20.3. The summed E-state index contributed by atoms with van der Waals surface area (Å²) in [6.07, 6.45) is -2.48. The van der Waals surface area contributed by atoms with Crippen molar-refractivity contribution in [1.29, 1.82) is 5.26 Å². The number of carbonyl (C=O) groups is 4. The molecule has 1 unspecified atom stereocenters. The summed E-state index contributed by atoms with van der Waals surface area (Å²) in [7, 11) is 0. The molecule has 11 nitrogen and oxygen atoms in total.